The summed E-state index contributed by atoms with van der Waals surface area (Å²) in [7, 11) is 0. The third kappa shape index (κ3) is 6.36. The minimum absolute atomic E-state index is 0.222. The quantitative estimate of drug-likeness (QED) is 0.0840. The zero-order valence-electron chi connectivity index (χ0n) is 21.0. The molecule has 6 nitrogen and oxygen atoms in total. The maximum atomic E-state index is 14.2. The Hall–Kier alpha value is -2.90. The Morgan fingerprint density at radius 3 is 2.71 bits per heavy atom. The Kier molecular flexibility index (Phi) is 10.1. The van der Waals surface area contributed by atoms with E-state index in [0.717, 1.165) is 46.4 Å². The van der Waals surface area contributed by atoms with Crippen LogP contribution in [0.3, 0.4) is 0 Å². The van der Waals surface area contributed by atoms with Crippen LogP contribution in [0.4, 0.5) is 4.39 Å². The monoisotopic (exact) mass is 466 g/mol. The third-order valence-electron chi connectivity index (χ3n) is 6.37. The first-order chi connectivity index (χ1) is 16.2. The van der Waals surface area contributed by atoms with Gasteiger partial charge >= 0.3 is 0 Å². The first kappa shape index (κ1) is 27.3. The summed E-state index contributed by atoms with van der Waals surface area (Å²) in [4.78, 5) is 0. The van der Waals surface area contributed by atoms with Gasteiger partial charge in [-0.15, -0.1) is 5.10 Å². The molecule has 0 bridgehead atoms. The molecular weight excluding hydrogens is 427 g/mol. The van der Waals surface area contributed by atoms with Crippen molar-refractivity contribution in [2.24, 2.45) is 16.1 Å². The van der Waals surface area contributed by atoms with E-state index in [0.29, 0.717) is 32.0 Å². The van der Waals surface area contributed by atoms with E-state index in [9.17, 15) is 4.39 Å². The van der Waals surface area contributed by atoms with E-state index in [1.807, 2.05) is 19.1 Å². The van der Waals surface area contributed by atoms with Gasteiger partial charge in [0.25, 0.3) is 0 Å². The summed E-state index contributed by atoms with van der Waals surface area (Å²) >= 11 is 0. The lowest BCUT2D eigenvalue weighted by Gasteiger charge is -2.36. The number of hydrogen-bond donors (Lipinski definition) is 4. The molecule has 0 aliphatic heterocycles. The molecule has 0 saturated carbocycles. The van der Waals surface area contributed by atoms with Gasteiger partial charge in [-0.3, -0.25) is 0 Å². The zero-order valence-corrected chi connectivity index (χ0v) is 21.0. The van der Waals surface area contributed by atoms with Crippen LogP contribution < -0.4 is 16.4 Å². The van der Waals surface area contributed by atoms with E-state index in [4.69, 9.17) is 11.3 Å². The van der Waals surface area contributed by atoms with Gasteiger partial charge in [-0.1, -0.05) is 62.9 Å². The number of nitrogens with zero attached hydrogens (tertiary/aromatic N) is 2. The van der Waals surface area contributed by atoms with Crippen LogP contribution in [0, 0.1) is 11.3 Å². The number of halogens is 1. The van der Waals surface area contributed by atoms with Gasteiger partial charge in [0.1, 0.15) is 11.7 Å². The molecule has 0 radical (unpaired) electrons. The Balaban J connectivity index is 2.66. The average molecular weight is 467 g/mol. The molecule has 0 amide bonds. The molecule has 0 saturated heterocycles. The normalized spacial score (nSPS) is 18.8. The molecule has 0 aromatic heterocycles. The summed E-state index contributed by atoms with van der Waals surface area (Å²) in [5, 5.41) is 14.0. The Labute approximate surface area is 203 Å². The average Bonchev–Trinajstić information content (AvgIpc) is 2.91. The predicted molar refractivity (Wildman–Crippen MR) is 140 cm³/mol. The molecule has 184 valence electrons. The van der Waals surface area contributed by atoms with E-state index in [-0.39, 0.29) is 11.7 Å². The molecule has 1 aromatic carbocycles. The molecular formula is C27H39FN6. The van der Waals surface area contributed by atoms with Crippen LogP contribution >= 0.6 is 0 Å². The second-order valence-electron chi connectivity index (χ2n) is 9.09. The van der Waals surface area contributed by atoms with E-state index in [1.165, 1.54) is 6.07 Å². The van der Waals surface area contributed by atoms with Crippen molar-refractivity contribution in [1.82, 2.24) is 10.6 Å². The van der Waals surface area contributed by atoms with Crippen LogP contribution in [0.2, 0.25) is 0 Å². The lowest BCUT2D eigenvalue weighted by atomic mass is 9.68. The zero-order chi connectivity index (χ0) is 25.3. The first-order valence-corrected chi connectivity index (χ1v) is 11.9. The molecule has 1 aliphatic rings. The lowest BCUT2D eigenvalue weighted by Crippen LogP contribution is -2.45. The fourth-order valence-electron chi connectivity index (χ4n) is 4.44. The highest BCUT2D eigenvalue weighted by Gasteiger charge is 2.43. The SMILES string of the molecule is C=C(/C=C\C1=C(C)CCc2cc(F)ccc2C1(CCNCC)C(N)=NN=N)C(=C)CNC(C)C. The number of amidine groups is 1. The van der Waals surface area contributed by atoms with Crippen molar-refractivity contribution in [3.05, 3.63) is 82.7 Å². The Morgan fingerprint density at radius 2 is 2.06 bits per heavy atom. The largest absolute Gasteiger partial charge is 0.385 e. The lowest BCUT2D eigenvalue weighted by molar-refractivity contribution is 0.555. The van der Waals surface area contributed by atoms with E-state index >= 15 is 0 Å². The molecule has 34 heavy (non-hydrogen) atoms. The second kappa shape index (κ2) is 12.5. The van der Waals surface area contributed by atoms with Crippen molar-refractivity contribution in [1.29, 1.82) is 5.53 Å². The van der Waals surface area contributed by atoms with Gasteiger partial charge in [-0.2, -0.15) is 5.53 Å². The summed E-state index contributed by atoms with van der Waals surface area (Å²) in [6, 6.07) is 5.20. The number of fused-ring (bicyclic) bond motifs is 1. The number of benzene rings is 1. The standard InChI is InChI=1S/C27H39FN6/c1-7-31-15-14-27(26(29)33-34-30)24(12-9-19(4)21(6)17-32-18(2)3)20(5)8-10-22-16-23(28)11-13-25(22)27/h9,11-13,16,18,31-32H,4,6-8,10,14-15,17H2,1-3,5H3,(H3,29,30,33)/b12-9-. The maximum absolute atomic E-state index is 14.2. The minimum Gasteiger partial charge on any atom is -0.385 e. The van der Waals surface area contributed by atoms with E-state index in [2.05, 4.69) is 54.9 Å². The van der Waals surface area contributed by atoms with Crippen LogP contribution in [0.1, 0.15) is 51.7 Å². The molecule has 1 unspecified atom stereocenters. The first-order valence-electron chi connectivity index (χ1n) is 11.9. The molecule has 0 spiro atoms. The Bertz CT molecular complexity index is 1000. The number of rotatable bonds is 12. The van der Waals surface area contributed by atoms with Gasteiger partial charge in [-0.25, -0.2) is 4.39 Å². The number of allylic oxidation sites excluding steroid dienone is 3. The highest BCUT2D eigenvalue weighted by atomic mass is 19.1. The molecule has 0 fully saturated rings. The summed E-state index contributed by atoms with van der Waals surface area (Å²) < 4.78 is 14.2. The van der Waals surface area contributed by atoms with Gasteiger partial charge < -0.3 is 16.4 Å². The minimum atomic E-state index is -0.857. The Morgan fingerprint density at radius 1 is 1.32 bits per heavy atom. The summed E-state index contributed by atoms with van der Waals surface area (Å²) in [5.74, 6) is -0.0564. The van der Waals surface area contributed by atoms with Crippen molar-refractivity contribution in [3.8, 4) is 0 Å². The summed E-state index contributed by atoms with van der Waals surface area (Å²) in [6.07, 6.45) is 6.03. The fraction of sp³-hybridized carbons (Fsp3) is 0.444. The molecule has 1 aromatic rings. The van der Waals surface area contributed by atoms with Crippen LogP contribution in [0.5, 0.6) is 0 Å². The van der Waals surface area contributed by atoms with Crippen LogP contribution in [-0.4, -0.2) is 31.5 Å². The van der Waals surface area contributed by atoms with Crippen LogP contribution in [0.25, 0.3) is 0 Å². The van der Waals surface area contributed by atoms with Gasteiger partial charge in [0.15, 0.2) is 0 Å². The molecule has 1 aliphatic carbocycles. The van der Waals surface area contributed by atoms with Crippen molar-refractivity contribution >= 4 is 5.84 Å². The highest BCUT2D eigenvalue weighted by Crippen LogP contribution is 2.44. The number of nitrogens with two attached hydrogens (primary N) is 1. The van der Waals surface area contributed by atoms with Crippen molar-refractivity contribution in [2.45, 2.75) is 58.4 Å². The maximum Gasteiger partial charge on any atom is 0.139 e. The van der Waals surface area contributed by atoms with Gasteiger partial charge in [0, 0.05) is 12.6 Å². The van der Waals surface area contributed by atoms with E-state index in [1.54, 1.807) is 12.1 Å². The summed E-state index contributed by atoms with van der Waals surface area (Å²) in [5.41, 5.74) is 18.7. The predicted octanol–water partition coefficient (Wildman–Crippen LogP) is 5.30. The summed E-state index contributed by atoms with van der Waals surface area (Å²) in [6.45, 7) is 18.8. The number of nitrogens with one attached hydrogen (secondary N) is 3. The molecule has 5 N–H and O–H groups in total. The number of hydrogen-bond acceptors (Lipinski definition) is 4. The molecule has 0 heterocycles. The van der Waals surface area contributed by atoms with Crippen LogP contribution in [-0.2, 0) is 11.8 Å². The molecule has 2 rings (SSSR count). The van der Waals surface area contributed by atoms with E-state index < -0.39 is 5.41 Å². The second-order valence-corrected chi connectivity index (χ2v) is 9.09. The third-order valence-corrected chi connectivity index (χ3v) is 6.37. The van der Waals surface area contributed by atoms with Crippen molar-refractivity contribution < 1.29 is 4.39 Å². The van der Waals surface area contributed by atoms with Gasteiger partial charge in [0.05, 0.1) is 5.41 Å². The van der Waals surface area contributed by atoms with Crippen molar-refractivity contribution in [3.63, 3.8) is 0 Å². The molecule has 1 atom stereocenters. The van der Waals surface area contributed by atoms with Gasteiger partial charge in [-0.05, 0) is 79.3 Å². The topological polar surface area (TPSA) is 98.7 Å². The van der Waals surface area contributed by atoms with Gasteiger partial charge in [0.2, 0.25) is 0 Å². The van der Waals surface area contributed by atoms with Crippen molar-refractivity contribution in [2.75, 3.05) is 19.6 Å². The highest BCUT2D eigenvalue weighted by molar-refractivity contribution is 5.96. The number of aryl methyl sites for hydroxylation is 1. The smallest absolute Gasteiger partial charge is 0.139 e. The van der Waals surface area contributed by atoms with Crippen LogP contribution in [0.15, 0.2) is 76.1 Å². The fourth-order valence-corrected chi connectivity index (χ4v) is 4.44. The molecule has 7 heteroatoms.